The number of amides is 1. The average molecular weight is 401 g/mol. The van der Waals surface area contributed by atoms with Gasteiger partial charge in [-0.05, 0) is 54.6 Å². The van der Waals surface area contributed by atoms with Crippen molar-refractivity contribution in [2.45, 2.75) is 4.90 Å². The van der Waals surface area contributed by atoms with Gasteiger partial charge in [0.05, 0.1) is 16.3 Å². The number of rotatable bonds is 5. The van der Waals surface area contributed by atoms with Crippen LogP contribution in [0.25, 0.3) is 0 Å². The first-order chi connectivity index (χ1) is 14.1. The normalized spacial score (nSPS) is 11.3. The molecule has 5 nitrogen and oxygen atoms in total. The molecule has 4 N–H and O–H groups in total. The van der Waals surface area contributed by atoms with E-state index in [1.54, 1.807) is 48.5 Å². The van der Waals surface area contributed by atoms with Crippen LogP contribution in [-0.4, -0.2) is 10.1 Å². The summed E-state index contributed by atoms with van der Waals surface area (Å²) in [7, 11) is -1.32. The van der Waals surface area contributed by atoms with Crippen LogP contribution >= 0.6 is 0 Å². The van der Waals surface area contributed by atoms with E-state index >= 15 is 0 Å². The van der Waals surface area contributed by atoms with Gasteiger partial charge in [-0.3, -0.25) is 4.79 Å². The molecule has 0 heterocycles. The zero-order valence-corrected chi connectivity index (χ0v) is 16.3. The van der Waals surface area contributed by atoms with Gasteiger partial charge in [0.2, 0.25) is 5.91 Å². The largest absolute Gasteiger partial charge is 0.397 e. The lowest BCUT2D eigenvalue weighted by Crippen LogP contribution is -2.09. The Morgan fingerprint density at radius 2 is 1.62 bits per heavy atom. The fraction of sp³-hybridized carbons (Fsp3) is 0. The van der Waals surface area contributed by atoms with Gasteiger partial charge in [-0.1, -0.05) is 42.2 Å². The summed E-state index contributed by atoms with van der Waals surface area (Å²) in [4.78, 5) is 12.6. The van der Waals surface area contributed by atoms with Crippen LogP contribution in [0.3, 0.4) is 0 Å². The van der Waals surface area contributed by atoms with Crippen molar-refractivity contribution in [3.05, 3.63) is 96.6 Å². The molecule has 3 aromatic rings. The van der Waals surface area contributed by atoms with E-state index in [2.05, 4.69) is 21.9 Å². The summed E-state index contributed by atoms with van der Waals surface area (Å²) in [5.74, 6) is 5.45. The van der Waals surface area contributed by atoms with E-state index in [1.165, 1.54) is 12.2 Å². The third kappa shape index (κ3) is 6.09. The Balaban J connectivity index is 1.54. The number of nitrogens with one attached hydrogen (secondary N) is 2. The molecule has 0 spiro atoms. The molecule has 0 fully saturated rings. The number of anilines is 3. The van der Waals surface area contributed by atoms with Gasteiger partial charge in [-0.2, -0.15) is 0 Å². The minimum atomic E-state index is -1.32. The zero-order chi connectivity index (χ0) is 20.5. The Hall–Kier alpha value is -3.82. The van der Waals surface area contributed by atoms with E-state index in [0.717, 1.165) is 11.3 Å². The van der Waals surface area contributed by atoms with Crippen LogP contribution in [0.1, 0.15) is 5.56 Å². The molecule has 0 saturated carbocycles. The van der Waals surface area contributed by atoms with E-state index in [0.29, 0.717) is 16.3 Å². The lowest BCUT2D eigenvalue weighted by molar-refractivity contribution is -0.111. The molecule has 3 aromatic carbocycles. The monoisotopic (exact) mass is 401 g/mol. The summed E-state index contributed by atoms with van der Waals surface area (Å²) < 4.78 is 15.2. The summed E-state index contributed by atoms with van der Waals surface area (Å²) in [5.41, 5.74) is 8.35. The Morgan fingerprint density at radius 3 is 2.34 bits per heavy atom. The third-order valence-corrected chi connectivity index (χ3v) is 4.93. The van der Waals surface area contributed by atoms with Crippen LogP contribution in [0.4, 0.5) is 17.1 Å². The van der Waals surface area contributed by atoms with Crippen LogP contribution in [0.5, 0.6) is 0 Å². The van der Waals surface area contributed by atoms with Gasteiger partial charge in [0.25, 0.3) is 0 Å². The first-order valence-electron chi connectivity index (χ1n) is 8.79. The van der Waals surface area contributed by atoms with Crippen molar-refractivity contribution in [2.24, 2.45) is 0 Å². The summed E-state index contributed by atoms with van der Waals surface area (Å²) in [6.45, 7) is 0. The topological polar surface area (TPSA) is 84.2 Å². The minimum absolute atomic E-state index is 0.305. The lowest BCUT2D eigenvalue weighted by atomic mass is 10.2. The summed E-state index contributed by atoms with van der Waals surface area (Å²) in [6.07, 6.45) is 2.82. The Morgan fingerprint density at radius 1 is 0.931 bits per heavy atom. The second-order valence-electron chi connectivity index (χ2n) is 5.94. The predicted molar refractivity (Wildman–Crippen MR) is 118 cm³/mol. The molecular formula is C23H19N3O2S. The van der Waals surface area contributed by atoms with Gasteiger partial charge in [-0.15, -0.1) is 0 Å². The highest BCUT2D eigenvalue weighted by atomic mass is 32.2. The van der Waals surface area contributed by atoms with Crippen molar-refractivity contribution in [2.75, 3.05) is 15.8 Å². The van der Waals surface area contributed by atoms with Crippen LogP contribution < -0.4 is 15.8 Å². The number of para-hydroxylation sites is 2. The van der Waals surface area contributed by atoms with Gasteiger partial charge in [0.1, 0.15) is 11.0 Å². The van der Waals surface area contributed by atoms with Crippen LogP contribution in [0, 0.1) is 11.8 Å². The summed E-state index contributed by atoms with van der Waals surface area (Å²) in [5, 5.41) is 2.69. The van der Waals surface area contributed by atoms with Crippen molar-refractivity contribution in [1.82, 2.24) is 0 Å². The maximum absolute atomic E-state index is 12.2. The number of nitrogen functional groups attached to an aromatic ring is 1. The lowest BCUT2D eigenvalue weighted by Gasteiger charge is -2.05. The fourth-order valence-electron chi connectivity index (χ4n) is 2.36. The Kier molecular flexibility index (Phi) is 6.82. The molecule has 0 aliphatic carbocycles. The van der Waals surface area contributed by atoms with Gasteiger partial charge >= 0.3 is 0 Å². The first kappa shape index (κ1) is 19.9. The molecule has 0 saturated heterocycles. The first-order valence-corrected chi connectivity index (χ1v) is 9.94. The average Bonchev–Trinajstić information content (AvgIpc) is 2.74. The number of hydrogen-bond donors (Lipinski definition) is 3. The van der Waals surface area contributed by atoms with Crippen LogP contribution in [0.2, 0.25) is 0 Å². The van der Waals surface area contributed by atoms with Crippen molar-refractivity contribution in [1.29, 1.82) is 0 Å². The standard InChI is InChI=1S/C23H19N3O2S/c24-21-11-5-6-12-22(21)25-23(27)13-7-4-8-18-14-16-19(17-15-18)26-29(28)20-9-2-1-3-10-20/h1-3,5-7,9-17,26H,24H2,(H,25,27)/b13-7+. The molecule has 1 atom stereocenters. The van der Waals surface area contributed by atoms with E-state index in [9.17, 15) is 9.00 Å². The molecular weight excluding hydrogens is 382 g/mol. The molecule has 3 rings (SSSR count). The molecule has 0 radical (unpaired) electrons. The molecule has 1 unspecified atom stereocenters. The Labute approximate surface area is 172 Å². The van der Waals surface area contributed by atoms with Crippen molar-refractivity contribution < 1.29 is 9.00 Å². The van der Waals surface area contributed by atoms with Crippen LogP contribution in [0.15, 0.2) is 95.9 Å². The van der Waals surface area contributed by atoms with Gasteiger partial charge in [-0.25, -0.2) is 4.21 Å². The Bertz CT molecular complexity index is 1100. The van der Waals surface area contributed by atoms with E-state index in [-0.39, 0.29) is 5.91 Å². The molecule has 0 aliphatic rings. The maximum atomic E-state index is 12.2. The van der Waals surface area contributed by atoms with Crippen LogP contribution in [-0.2, 0) is 15.8 Å². The highest BCUT2D eigenvalue weighted by molar-refractivity contribution is 7.86. The van der Waals surface area contributed by atoms with E-state index in [4.69, 9.17) is 5.73 Å². The van der Waals surface area contributed by atoms with Crippen molar-refractivity contribution in [3.8, 4) is 11.8 Å². The number of benzene rings is 3. The predicted octanol–water partition coefficient (Wildman–Crippen LogP) is 3.95. The van der Waals surface area contributed by atoms with Gasteiger partial charge in [0.15, 0.2) is 0 Å². The van der Waals surface area contributed by atoms with Crippen molar-refractivity contribution in [3.63, 3.8) is 0 Å². The molecule has 29 heavy (non-hydrogen) atoms. The highest BCUT2D eigenvalue weighted by Gasteiger charge is 2.03. The molecule has 1 amide bonds. The minimum Gasteiger partial charge on any atom is -0.397 e. The SMILES string of the molecule is Nc1ccccc1NC(=O)/C=C/C#Cc1ccc(NS(=O)c2ccccc2)cc1. The molecule has 0 aliphatic heterocycles. The second-order valence-corrected chi connectivity index (χ2v) is 7.15. The van der Waals surface area contributed by atoms with Gasteiger partial charge < -0.3 is 15.8 Å². The fourth-order valence-corrected chi connectivity index (χ4v) is 3.23. The summed E-state index contributed by atoms with van der Waals surface area (Å²) in [6, 6.07) is 23.5. The summed E-state index contributed by atoms with van der Waals surface area (Å²) >= 11 is 0. The number of allylic oxidation sites excluding steroid dienone is 1. The highest BCUT2D eigenvalue weighted by Crippen LogP contribution is 2.16. The molecule has 0 aromatic heterocycles. The molecule has 6 heteroatoms. The van der Waals surface area contributed by atoms with E-state index in [1.807, 2.05) is 30.3 Å². The second kappa shape index (κ2) is 9.93. The molecule has 0 bridgehead atoms. The molecule has 144 valence electrons. The van der Waals surface area contributed by atoms with Gasteiger partial charge in [0, 0.05) is 17.3 Å². The van der Waals surface area contributed by atoms with Crippen molar-refractivity contribution >= 4 is 34.0 Å². The zero-order valence-electron chi connectivity index (χ0n) is 15.5. The number of carbonyl (C=O) groups excluding carboxylic acids is 1. The smallest absolute Gasteiger partial charge is 0.249 e. The number of hydrogen-bond acceptors (Lipinski definition) is 3. The third-order valence-electron chi connectivity index (χ3n) is 3.81. The van der Waals surface area contributed by atoms with E-state index < -0.39 is 11.0 Å². The quantitative estimate of drug-likeness (QED) is 0.344. The number of carbonyl (C=O) groups is 1. The number of nitrogens with two attached hydrogens (primary N) is 1. The maximum Gasteiger partial charge on any atom is 0.249 e.